The molecule has 0 rings (SSSR count). The van der Waals surface area contributed by atoms with Crippen molar-refractivity contribution in [2.24, 2.45) is 5.92 Å². The summed E-state index contributed by atoms with van der Waals surface area (Å²) in [5.41, 5.74) is 0. The second-order valence-electron chi connectivity index (χ2n) is 10.2. The average molecular weight is 425 g/mol. The molecule has 30 heavy (non-hydrogen) atoms. The monoisotopic (exact) mass is 424 g/mol. The first kappa shape index (κ1) is 30.0. The Balaban J connectivity index is 3.00. The summed E-state index contributed by atoms with van der Waals surface area (Å²) in [7, 11) is 0. The van der Waals surface area contributed by atoms with Crippen LogP contribution in [-0.4, -0.2) is 11.7 Å². The largest absolute Gasteiger partial charge is 0.396 e. The predicted octanol–water partition coefficient (Wildman–Crippen LogP) is 10.4. The molecule has 0 spiro atoms. The highest BCUT2D eigenvalue weighted by Crippen LogP contribution is 2.16. The molecule has 1 N–H and O–H groups in total. The van der Waals surface area contributed by atoms with E-state index in [4.69, 9.17) is 5.11 Å². The molecule has 0 aliphatic rings. The van der Waals surface area contributed by atoms with Gasteiger partial charge < -0.3 is 5.11 Å². The Morgan fingerprint density at radius 2 is 0.633 bits per heavy atom. The van der Waals surface area contributed by atoms with Crippen LogP contribution in [0.25, 0.3) is 0 Å². The first-order valence-corrected chi connectivity index (χ1v) is 14.4. The van der Waals surface area contributed by atoms with Crippen molar-refractivity contribution >= 4 is 0 Å². The minimum absolute atomic E-state index is 0.374. The van der Waals surface area contributed by atoms with Crippen LogP contribution in [-0.2, 0) is 0 Å². The van der Waals surface area contributed by atoms with Crippen LogP contribution in [0.2, 0.25) is 0 Å². The van der Waals surface area contributed by atoms with Crippen LogP contribution in [0.3, 0.4) is 0 Å². The Hall–Kier alpha value is -0.0400. The molecule has 0 radical (unpaired) electrons. The van der Waals surface area contributed by atoms with Gasteiger partial charge in [0, 0.05) is 6.61 Å². The SMILES string of the molecule is CC[C@H](C)CCCCCCCCCCCCCCCCCCCCCCCCCO. The molecule has 0 saturated carbocycles. The fourth-order valence-corrected chi connectivity index (χ4v) is 4.52. The molecule has 0 saturated heterocycles. The summed E-state index contributed by atoms with van der Waals surface area (Å²) in [6.07, 6.45) is 35.5. The van der Waals surface area contributed by atoms with Gasteiger partial charge in [-0.1, -0.05) is 168 Å². The highest BCUT2D eigenvalue weighted by molar-refractivity contribution is 4.53. The van der Waals surface area contributed by atoms with E-state index in [-0.39, 0.29) is 0 Å². The molecule has 0 heterocycles. The van der Waals surface area contributed by atoms with Crippen molar-refractivity contribution in [1.29, 1.82) is 0 Å². The zero-order valence-corrected chi connectivity index (χ0v) is 21.4. The second kappa shape index (κ2) is 27.0. The number of rotatable bonds is 26. The molecule has 0 bridgehead atoms. The van der Waals surface area contributed by atoms with Crippen molar-refractivity contribution in [3.8, 4) is 0 Å². The van der Waals surface area contributed by atoms with Gasteiger partial charge in [0.05, 0.1) is 0 Å². The van der Waals surface area contributed by atoms with Gasteiger partial charge in [-0.05, 0) is 12.3 Å². The minimum Gasteiger partial charge on any atom is -0.396 e. The van der Waals surface area contributed by atoms with E-state index in [0.29, 0.717) is 6.61 Å². The van der Waals surface area contributed by atoms with Crippen molar-refractivity contribution < 1.29 is 5.11 Å². The number of aliphatic hydroxyl groups excluding tert-OH is 1. The highest BCUT2D eigenvalue weighted by atomic mass is 16.2. The van der Waals surface area contributed by atoms with Gasteiger partial charge in [-0.15, -0.1) is 0 Å². The van der Waals surface area contributed by atoms with Crippen LogP contribution in [0.15, 0.2) is 0 Å². The van der Waals surface area contributed by atoms with E-state index in [1.54, 1.807) is 0 Å². The molecule has 0 amide bonds. The van der Waals surface area contributed by atoms with Crippen molar-refractivity contribution in [1.82, 2.24) is 0 Å². The Morgan fingerprint density at radius 1 is 0.400 bits per heavy atom. The summed E-state index contributed by atoms with van der Waals surface area (Å²) in [6.45, 7) is 5.09. The lowest BCUT2D eigenvalue weighted by Gasteiger charge is -2.07. The van der Waals surface area contributed by atoms with Crippen LogP contribution >= 0.6 is 0 Å². The minimum atomic E-state index is 0.374. The van der Waals surface area contributed by atoms with E-state index in [0.717, 1.165) is 12.3 Å². The number of aliphatic hydroxyl groups is 1. The van der Waals surface area contributed by atoms with Crippen LogP contribution in [0.4, 0.5) is 0 Å². The summed E-state index contributed by atoms with van der Waals surface area (Å²) in [5, 5.41) is 8.75. The molecule has 0 aliphatic carbocycles. The van der Waals surface area contributed by atoms with E-state index in [1.165, 1.54) is 154 Å². The number of hydrogen-bond donors (Lipinski definition) is 1. The first-order chi connectivity index (χ1) is 14.8. The maximum Gasteiger partial charge on any atom is 0.0431 e. The maximum absolute atomic E-state index is 8.75. The van der Waals surface area contributed by atoms with Gasteiger partial charge in [0.2, 0.25) is 0 Å². The van der Waals surface area contributed by atoms with E-state index in [2.05, 4.69) is 13.8 Å². The molecule has 0 aromatic rings. The normalized spacial score (nSPS) is 12.5. The maximum atomic E-state index is 8.75. The van der Waals surface area contributed by atoms with E-state index < -0.39 is 0 Å². The van der Waals surface area contributed by atoms with Crippen molar-refractivity contribution in [3.63, 3.8) is 0 Å². The third-order valence-corrected chi connectivity index (χ3v) is 7.05. The Labute approximate surface area is 192 Å². The third-order valence-electron chi connectivity index (χ3n) is 7.05. The Kier molecular flexibility index (Phi) is 27.0. The quantitative estimate of drug-likeness (QED) is 0.137. The summed E-state index contributed by atoms with van der Waals surface area (Å²) in [6, 6.07) is 0. The molecule has 1 nitrogen and oxygen atoms in total. The Morgan fingerprint density at radius 3 is 0.867 bits per heavy atom. The zero-order chi connectivity index (χ0) is 22.0. The Bertz CT molecular complexity index is 288. The van der Waals surface area contributed by atoms with Crippen molar-refractivity contribution in [3.05, 3.63) is 0 Å². The highest BCUT2D eigenvalue weighted by Gasteiger charge is 1.98. The van der Waals surface area contributed by atoms with E-state index >= 15 is 0 Å². The zero-order valence-electron chi connectivity index (χ0n) is 21.4. The van der Waals surface area contributed by atoms with Gasteiger partial charge in [-0.3, -0.25) is 0 Å². The number of hydrogen-bond acceptors (Lipinski definition) is 1. The lowest BCUT2D eigenvalue weighted by Crippen LogP contribution is -1.91. The van der Waals surface area contributed by atoms with Crippen LogP contribution in [0.1, 0.15) is 174 Å². The molecule has 182 valence electrons. The summed E-state index contributed by atoms with van der Waals surface area (Å²) in [4.78, 5) is 0. The second-order valence-corrected chi connectivity index (χ2v) is 10.2. The topological polar surface area (TPSA) is 20.2 Å². The summed E-state index contributed by atoms with van der Waals surface area (Å²) in [5.74, 6) is 0.943. The van der Waals surface area contributed by atoms with Gasteiger partial charge in [-0.25, -0.2) is 0 Å². The van der Waals surface area contributed by atoms with E-state index in [9.17, 15) is 0 Å². The van der Waals surface area contributed by atoms with E-state index in [1.807, 2.05) is 0 Å². The average Bonchev–Trinajstić information content (AvgIpc) is 2.76. The summed E-state index contributed by atoms with van der Waals surface area (Å²) < 4.78 is 0. The van der Waals surface area contributed by atoms with Crippen LogP contribution in [0, 0.1) is 5.92 Å². The lowest BCUT2D eigenvalue weighted by molar-refractivity contribution is 0.282. The van der Waals surface area contributed by atoms with Gasteiger partial charge in [0.15, 0.2) is 0 Å². The van der Waals surface area contributed by atoms with Crippen molar-refractivity contribution in [2.45, 2.75) is 174 Å². The molecule has 0 aliphatic heterocycles. The fraction of sp³-hybridized carbons (Fsp3) is 1.00. The number of unbranched alkanes of at least 4 members (excludes halogenated alkanes) is 22. The van der Waals surface area contributed by atoms with Gasteiger partial charge in [0.1, 0.15) is 0 Å². The van der Waals surface area contributed by atoms with Gasteiger partial charge in [-0.2, -0.15) is 0 Å². The smallest absolute Gasteiger partial charge is 0.0431 e. The van der Waals surface area contributed by atoms with Gasteiger partial charge >= 0.3 is 0 Å². The fourth-order valence-electron chi connectivity index (χ4n) is 4.52. The molecule has 0 fully saturated rings. The molecule has 0 unspecified atom stereocenters. The van der Waals surface area contributed by atoms with Crippen LogP contribution in [0.5, 0.6) is 0 Å². The lowest BCUT2D eigenvalue weighted by atomic mass is 9.99. The molecule has 1 heteroatoms. The standard InChI is InChI=1S/C29H60O/c1-3-29(2)27-25-23-21-19-17-15-13-11-9-7-5-4-6-8-10-12-14-16-18-20-22-24-26-28-30/h29-30H,3-28H2,1-2H3/t29-/m0/s1. The van der Waals surface area contributed by atoms with Gasteiger partial charge in [0.25, 0.3) is 0 Å². The van der Waals surface area contributed by atoms with Crippen LogP contribution < -0.4 is 0 Å². The predicted molar refractivity (Wildman–Crippen MR) is 137 cm³/mol. The molecular formula is C29H60O. The molecule has 1 atom stereocenters. The summed E-state index contributed by atoms with van der Waals surface area (Å²) >= 11 is 0. The molecule has 0 aromatic heterocycles. The molecule has 0 aromatic carbocycles. The molecular weight excluding hydrogens is 364 g/mol. The first-order valence-electron chi connectivity index (χ1n) is 14.4. The third kappa shape index (κ3) is 26.0. The van der Waals surface area contributed by atoms with Crippen molar-refractivity contribution in [2.75, 3.05) is 6.61 Å².